The smallest absolute Gasteiger partial charge is 0.223 e. The van der Waals surface area contributed by atoms with E-state index in [0.717, 1.165) is 5.56 Å². The van der Waals surface area contributed by atoms with Crippen LogP contribution in [0.3, 0.4) is 0 Å². The Kier molecular flexibility index (Phi) is 7.02. The number of carbonyl (C=O) groups excluding carboxylic acids is 2. The fourth-order valence-electron chi connectivity index (χ4n) is 3.76. The maximum atomic E-state index is 13.6. The van der Waals surface area contributed by atoms with Crippen molar-refractivity contribution in [2.75, 3.05) is 13.1 Å². The van der Waals surface area contributed by atoms with E-state index in [1.54, 1.807) is 13.0 Å². The average Bonchev–Trinajstić information content (AvgIpc) is 2.75. The highest BCUT2D eigenvalue weighted by atomic mass is 19.1. The number of benzene rings is 2. The molecule has 1 heterocycles. The molecule has 0 spiro atoms. The zero-order valence-corrected chi connectivity index (χ0v) is 17.2. The van der Waals surface area contributed by atoms with Crippen LogP contribution in [0.2, 0.25) is 0 Å². The SMILES string of the molecule is Cc1ccc(CNC(=O)C2CCN(C(=O)CC(C)c3ccccc3)CC2)cc1F. The van der Waals surface area contributed by atoms with Gasteiger partial charge in [-0.2, -0.15) is 0 Å². The largest absolute Gasteiger partial charge is 0.352 e. The van der Waals surface area contributed by atoms with Crippen molar-refractivity contribution in [3.8, 4) is 0 Å². The molecule has 29 heavy (non-hydrogen) atoms. The molecule has 0 aromatic heterocycles. The van der Waals surface area contributed by atoms with Gasteiger partial charge in [-0.05, 0) is 48.4 Å². The van der Waals surface area contributed by atoms with Gasteiger partial charge >= 0.3 is 0 Å². The molecule has 3 rings (SSSR count). The molecule has 0 radical (unpaired) electrons. The summed E-state index contributed by atoms with van der Waals surface area (Å²) in [5.41, 5.74) is 2.52. The first-order valence-corrected chi connectivity index (χ1v) is 10.3. The van der Waals surface area contributed by atoms with Crippen molar-refractivity contribution in [2.24, 2.45) is 5.92 Å². The van der Waals surface area contributed by atoms with Crippen LogP contribution < -0.4 is 5.32 Å². The minimum atomic E-state index is -0.256. The molecule has 1 atom stereocenters. The zero-order valence-electron chi connectivity index (χ0n) is 17.2. The molecule has 1 fully saturated rings. The lowest BCUT2D eigenvalue weighted by atomic mass is 9.93. The molecule has 1 saturated heterocycles. The number of hydrogen-bond acceptors (Lipinski definition) is 2. The van der Waals surface area contributed by atoms with Crippen molar-refractivity contribution in [1.29, 1.82) is 0 Å². The summed E-state index contributed by atoms with van der Waals surface area (Å²) in [6, 6.07) is 15.1. The van der Waals surface area contributed by atoms with Gasteiger partial charge in [0.2, 0.25) is 11.8 Å². The standard InChI is InChI=1S/C24H29FN2O2/c1-17-8-9-19(15-22(17)25)16-26-24(29)21-10-12-27(13-11-21)23(28)14-18(2)20-6-4-3-5-7-20/h3-9,15,18,21H,10-14,16H2,1-2H3,(H,26,29). The minimum absolute atomic E-state index is 0.0178. The highest BCUT2D eigenvalue weighted by Gasteiger charge is 2.27. The zero-order chi connectivity index (χ0) is 20.8. The minimum Gasteiger partial charge on any atom is -0.352 e. The van der Waals surface area contributed by atoms with Crippen LogP contribution in [0.4, 0.5) is 4.39 Å². The number of piperidine rings is 1. The van der Waals surface area contributed by atoms with Gasteiger partial charge in [0.05, 0.1) is 0 Å². The topological polar surface area (TPSA) is 49.4 Å². The third kappa shape index (κ3) is 5.66. The van der Waals surface area contributed by atoms with Crippen LogP contribution in [-0.4, -0.2) is 29.8 Å². The molecule has 5 heteroatoms. The van der Waals surface area contributed by atoms with Crippen molar-refractivity contribution in [3.05, 3.63) is 71.0 Å². The molecule has 1 aliphatic rings. The highest BCUT2D eigenvalue weighted by Crippen LogP contribution is 2.23. The van der Waals surface area contributed by atoms with Crippen LogP contribution in [0.5, 0.6) is 0 Å². The lowest BCUT2D eigenvalue weighted by molar-refractivity contribution is -0.135. The summed E-state index contributed by atoms with van der Waals surface area (Å²) >= 11 is 0. The Balaban J connectivity index is 1.43. The number of likely N-dealkylation sites (tertiary alicyclic amines) is 1. The quantitative estimate of drug-likeness (QED) is 0.796. The molecule has 2 aromatic rings. The molecule has 1 N–H and O–H groups in total. The Morgan fingerprint density at radius 2 is 1.83 bits per heavy atom. The molecule has 2 aromatic carbocycles. The summed E-state index contributed by atoms with van der Waals surface area (Å²) in [7, 11) is 0. The van der Waals surface area contributed by atoms with Gasteiger partial charge in [0.15, 0.2) is 0 Å². The molecule has 0 aliphatic carbocycles. The predicted molar refractivity (Wildman–Crippen MR) is 112 cm³/mol. The molecule has 1 aliphatic heterocycles. The van der Waals surface area contributed by atoms with Crippen LogP contribution in [0.1, 0.15) is 48.8 Å². The monoisotopic (exact) mass is 396 g/mol. The lowest BCUT2D eigenvalue weighted by Crippen LogP contribution is -2.43. The molecule has 4 nitrogen and oxygen atoms in total. The number of nitrogens with one attached hydrogen (secondary N) is 1. The molecule has 0 saturated carbocycles. The summed E-state index contributed by atoms with van der Waals surface area (Å²) in [5, 5.41) is 2.90. The van der Waals surface area contributed by atoms with Gasteiger partial charge in [-0.25, -0.2) is 4.39 Å². The Hall–Kier alpha value is -2.69. The van der Waals surface area contributed by atoms with E-state index in [2.05, 4.69) is 24.4 Å². The van der Waals surface area contributed by atoms with Crippen molar-refractivity contribution < 1.29 is 14.0 Å². The number of aryl methyl sites for hydroxylation is 1. The number of rotatable bonds is 6. The van der Waals surface area contributed by atoms with Gasteiger partial charge in [0.1, 0.15) is 5.82 Å². The number of hydrogen-bond donors (Lipinski definition) is 1. The van der Waals surface area contributed by atoms with Gasteiger partial charge < -0.3 is 10.2 Å². The van der Waals surface area contributed by atoms with Crippen molar-refractivity contribution in [2.45, 2.75) is 45.6 Å². The van der Waals surface area contributed by atoms with Gasteiger partial charge in [-0.3, -0.25) is 9.59 Å². The molecular formula is C24H29FN2O2. The molecule has 2 amide bonds. The first-order valence-electron chi connectivity index (χ1n) is 10.3. The Morgan fingerprint density at radius 3 is 2.48 bits per heavy atom. The van der Waals surface area contributed by atoms with Gasteiger partial charge in [0, 0.05) is 32.0 Å². The summed E-state index contributed by atoms with van der Waals surface area (Å²) in [6.45, 7) is 5.33. The summed E-state index contributed by atoms with van der Waals surface area (Å²) in [5.74, 6) is -0.0418. The second-order valence-corrected chi connectivity index (χ2v) is 7.97. The Labute approximate surface area is 172 Å². The van der Waals surface area contributed by atoms with Crippen molar-refractivity contribution in [3.63, 3.8) is 0 Å². The van der Waals surface area contributed by atoms with E-state index in [4.69, 9.17) is 0 Å². The van der Waals surface area contributed by atoms with E-state index in [0.29, 0.717) is 44.5 Å². The molecule has 1 unspecified atom stereocenters. The second-order valence-electron chi connectivity index (χ2n) is 7.97. The average molecular weight is 397 g/mol. The van der Waals surface area contributed by atoms with Gasteiger partial charge in [-0.15, -0.1) is 0 Å². The molecular weight excluding hydrogens is 367 g/mol. The Bertz CT molecular complexity index is 845. The Morgan fingerprint density at radius 1 is 1.14 bits per heavy atom. The second kappa shape index (κ2) is 9.68. The lowest BCUT2D eigenvalue weighted by Gasteiger charge is -2.32. The van der Waals surface area contributed by atoms with E-state index in [9.17, 15) is 14.0 Å². The van der Waals surface area contributed by atoms with Crippen LogP contribution in [0.25, 0.3) is 0 Å². The summed E-state index contributed by atoms with van der Waals surface area (Å²) in [4.78, 5) is 26.9. The van der Waals surface area contributed by atoms with E-state index in [1.165, 1.54) is 11.6 Å². The van der Waals surface area contributed by atoms with Crippen LogP contribution in [0.15, 0.2) is 48.5 Å². The normalized spacial score (nSPS) is 15.8. The van der Waals surface area contributed by atoms with Crippen LogP contribution in [0, 0.1) is 18.7 Å². The number of nitrogens with zero attached hydrogens (tertiary/aromatic N) is 1. The number of amides is 2. The van der Waals surface area contributed by atoms with Gasteiger partial charge in [0.25, 0.3) is 0 Å². The van der Waals surface area contributed by atoms with E-state index in [-0.39, 0.29) is 29.5 Å². The predicted octanol–water partition coefficient (Wildman–Crippen LogP) is 4.18. The van der Waals surface area contributed by atoms with E-state index in [1.807, 2.05) is 29.2 Å². The van der Waals surface area contributed by atoms with Crippen LogP contribution >= 0.6 is 0 Å². The maximum Gasteiger partial charge on any atom is 0.223 e. The van der Waals surface area contributed by atoms with E-state index < -0.39 is 0 Å². The fraction of sp³-hybridized carbons (Fsp3) is 0.417. The molecule has 154 valence electrons. The highest BCUT2D eigenvalue weighted by molar-refractivity contribution is 5.80. The number of halogens is 1. The fourth-order valence-corrected chi connectivity index (χ4v) is 3.76. The van der Waals surface area contributed by atoms with Crippen LogP contribution in [-0.2, 0) is 16.1 Å². The van der Waals surface area contributed by atoms with E-state index >= 15 is 0 Å². The molecule has 0 bridgehead atoms. The third-order valence-corrected chi connectivity index (χ3v) is 5.77. The van der Waals surface area contributed by atoms with Gasteiger partial charge in [-0.1, -0.05) is 49.4 Å². The third-order valence-electron chi connectivity index (χ3n) is 5.77. The number of carbonyl (C=O) groups is 2. The first kappa shape index (κ1) is 21.0. The first-order chi connectivity index (χ1) is 13.9. The van der Waals surface area contributed by atoms with Crippen molar-refractivity contribution in [1.82, 2.24) is 10.2 Å². The van der Waals surface area contributed by atoms with Crippen molar-refractivity contribution >= 4 is 11.8 Å². The maximum absolute atomic E-state index is 13.6. The summed E-state index contributed by atoms with van der Waals surface area (Å²) < 4.78 is 13.6. The summed E-state index contributed by atoms with van der Waals surface area (Å²) in [6.07, 6.45) is 1.82.